The molecule has 1 heterocycles. The van der Waals surface area contributed by atoms with Gasteiger partial charge in [-0.3, -0.25) is 0 Å². The van der Waals surface area contributed by atoms with E-state index in [0.717, 1.165) is 12.1 Å². The topological polar surface area (TPSA) is 29.9 Å². The van der Waals surface area contributed by atoms with Crippen LogP contribution in [0.25, 0.3) is 5.69 Å². The second kappa shape index (κ2) is 6.53. The molecule has 0 bridgehead atoms. The third-order valence-electron chi connectivity index (χ3n) is 3.71. The highest BCUT2D eigenvalue weighted by atomic mass is 15.3. The number of rotatable bonds is 6. The van der Waals surface area contributed by atoms with Gasteiger partial charge in [0.25, 0.3) is 0 Å². The lowest BCUT2D eigenvalue weighted by molar-refractivity contribution is 0.410. The summed E-state index contributed by atoms with van der Waals surface area (Å²) >= 11 is 0. The van der Waals surface area contributed by atoms with Crippen LogP contribution in [0.3, 0.4) is 0 Å². The molecule has 0 saturated heterocycles. The molecule has 19 heavy (non-hydrogen) atoms. The third-order valence-corrected chi connectivity index (χ3v) is 3.71. The van der Waals surface area contributed by atoms with Crippen LogP contribution < -0.4 is 5.32 Å². The van der Waals surface area contributed by atoms with Gasteiger partial charge in [0.2, 0.25) is 0 Å². The van der Waals surface area contributed by atoms with E-state index in [4.69, 9.17) is 0 Å². The van der Waals surface area contributed by atoms with Crippen molar-refractivity contribution in [2.45, 2.75) is 32.7 Å². The first-order chi connectivity index (χ1) is 9.26. The van der Waals surface area contributed by atoms with Gasteiger partial charge in [0.05, 0.1) is 11.4 Å². The number of hydrogen-bond donors (Lipinski definition) is 1. The second-order valence-electron chi connectivity index (χ2n) is 5.09. The van der Waals surface area contributed by atoms with Gasteiger partial charge in [-0.15, -0.1) is 0 Å². The first-order valence-electron chi connectivity index (χ1n) is 7.02. The lowest BCUT2D eigenvalue weighted by atomic mass is 9.97. The van der Waals surface area contributed by atoms with Gasteiger partial charge < -0.3 is 5.32 Å². The summed E-state index contributed by atoms with van der Waals surface area (Å²) in [4.78, 5) is 0. The first-order valence-corrected chi connectivity index (χ1v) is 7.02. The Kier molecular flexibility index (Phi) is 4.74. The third kappa shape index (κ3) is 3.24. The molecular weight excluding hydrogens is 234 g/mol. The number of benzene rings is 1. The minimum Gasteiger partial charge on any atom is -0.312 e. The van der Waals surface area contributed by atoms with Gasteiger partial charge in [0, 0.05) is 12.2 Å². The fourth-order valence-corrected chi connectivity index (χ4v) is 2.32. The van der Waals surface area contributed by atoms with Gasteiger partial charge in [0.1, 0.15) is 0 Å². The molecule has 1 aromatic carbocycles. The predicted octanol–water partition coefficient (Wildman–Crippen LogP) is 3.57. The standard InChI is InChI=1S/C16H23N3/c1-4-13(2)12-15(17-3)16-10-11-18-19(16)14-8-6-5-7-9-14/h5-11,13,15,17H,4,12H2,1-3H3. The second-order valence-corrected chi connectivity index (χ2v) is 5.09. The molecule has 2 rings (SSSR count). The fraction of sp³-hybridized carbons (Fsp3) is 0.438. The smallest absolute Gasteiger partial charge is 0.0649 e. The van der Waals surface area contributed by atoms with E-state index < -0.39 is 0 Å². The maximum atomic E-state index is 4.47. The minimum atomic E-state index is 0.345. The van der Waals surface area contributed by atoms with Gasteiger partial charge in [-0.25, -0.2) is 4.68 Å². The Morgan fingerprint density at radius 1 is 1.21 bits per heavy atom. The molecule has 2 atom stereocenters. The van der Waals surface area contributed by atoms with Gasteiger partial charge in [-0.1, -0.05) is 38.5 Å². The maximum Gasteiger partial charge on any atom is 0.0649 e. The minimum absolute atomic E-state index is 0.345. The van der Waals surface area contributed by atoms with Crippen LogP contribution in [0, 0.1) is 5.92 Å². The van der Waals surface area contributed by atoms with E-state index >= 15 is 0 Å². The monoisotopic (exact) mass is 257 g/mol. The Labute approximate surface area is 115 Å². The average Bonchev–Trinajstić information content (AvgIpc) is 2.94. The van der Waals surface area contributed by atoms with Crippen LogP contribution in [0.2, 0.25) is 0 Å². The van der Waals surface area contributed by atoms with E-state index in [9.17, 15) is 0 Å². The predicted molar refractivity (Wildman–Crippen MR) is 79.4 cm³/mol. The average molecular weight is 257 g/mol. The Morgan fingerprint density at radius 3 is 2.58 bits per heavy atom. The van der Waals surface area contributed by atoms with E-state index in [-0.39, 0.29) is 0 Å². The maximum absolute atomic E-state index is 4.47. The molecule has 2 aromatic rings. The molecule has 0 aliphatic heterocycles. The van der Waals surface area contributed by atoms with E-state index in [1.54, 1.807) is 0 Å². The van der Waals surface area contributed by atoms with E-state index in [1.165, 1.54) is 12.1 Å². The summed E-state index contributed by atoms with van der Waals surface area (Å²) in [6.07, 6.45) is 4.21. The molecule has 0 aliphatic carbocycles. The number of nitrogens with zero attached hydrogens (tertiary/aromatic N) is 2. The van der Waals surface area contributed by atoms with Crippen molar-refractivity contribution in [3.63, 3.8) is 0 Å². The van der Waals surface area contributed by atoms with Crippen molar-refractivity contribution >= 4 is 0 Å². The van der Waals surface area contributed by atoms with E-state index in [0.29, 0.717) is 12.0 Å². The van der Waals surface area contributed by atoms with E-state index in [2.05, 4.69) is 42.5 Å². The van der Waals surface area contributed by atoms with Crippen molar-refractivity contribution in [2.75, 3.05) is 7.05 Å². The molecule has 0 aliphatic rings. The normalized spacial score (nSPS) is 14.3. The number of hydrogen-bond acceptors (Lipinski definition) is 2. The van der Waals surface area contributed by atoms with Crippen molar-refractivity contribution in [3.05, 3.63) is 48.3 Å². The molecule has 0 saturated carbocycles. The van der Waals surface area contributed by atoms with Crippen molar-refractivity contribution in [3.8, 4) is 5.69 Å². The number of para-hydroxylation sites is 1. The number of nitrogens with one attached hydrogen (secondary N) is 1. The zero-order chi connectivity index (χ0) is 13.7. The largest absolute Gasteiger partial charge is 0.312 e. The summed E-state index contributed by atoms with van der Waals surface area (Å²) in [7, 11) is 2.02. The highest BCUT2D eigenvalue weighted by molar-refractivity contribution is 5.33. The zero-order valence-electron chi connectivity index (χ0n) is 12.0. The van der Waals surface area contributed by atoms with Crippen LogP contribution in [0.1, 0.15) is 38.4 Å². The SMILES string of the molecule is CCC(C)CC(NC)c1ccnn1-c1ccccc1. The Bertz CT molecular complexity index is 490. The summed E-state index contributed by atoms with van der Waals surface area (Å²) in [5.74, 6) is 0.705. The summed E-state index contributed by atoms with van der Waals surface area (Å²) in [6.45, 7) is 4.54. The molecule has 1 N–H and O–H groups in total. The zero-order valence-corrected chi connectivity index (χ0v) is 12.0. The van der Waals surface area contributed by atoms with Gasteiger partial charge in [0.15, 0.2) is 0 Å². The molecule has 0 amide bonds. The lowest BCUT2D eigenvalue weighted by Crippen LogP contribution is -2.22. The molecule has 3 heteroatoms. The molecule has 1 aromatic heterocycles. The Hall–Kier alpha value is -1.61. The van der Waals surface area contributed by atoms with Crippen LogP contribution in [-0.2, 0) is 0 Å². The van der Waals surface area contributed by atoms with Gasteiger partial charge >= 0.3 is 0 Å². The van der Waals surface area contributed by atoms with Crippen molar-refractivity contribution in [1.82, 2.24) is 15.1 Å². The fourth-order valence-electron chi connectivity index (χ4n) is 2.32. The van der Waals surface area contributed by atoms with Crippen LogP contribution in [0.5, 0.6) is 0 Å². The summed E-state index contributed by atoms with van der Waals surface area (Å²) in [5.41, 5.74) is 2.35. The van der Waals surface area contributed by atoms with Crippen LogP contribution in [0.15, 0.2) is 42.6 Å². The molecule has 3 nitrogen and oxygen atoms in total. The van der Waals surface area contributed by atoms with Crippen molar-refractivity contribution in [2.24, 2.45) is 5.92 Å². The highest BCUT2D eigenvalue weighted by Gasteiger charge is 2.17. The lowest BCUT2D eigenvalue weighted by Gasteiger charge is -2.21. The quantitative estimate of drug-likeness (QED) is 0.857. The molecule has 102 valence electrons. The molecule has 2 unspecified atom stereocenters. The van der Waals surface area contributed by atoms with Crippen LogP contribution in [-0.4, -0.2) is 16.8 Å². The molecule has 0 spiro atoms. The Balaban J connectivity index is 2.27. The molecular formula is C16H23N3. The van der Waals surface area contributed by atoms with Crippen LogP contribution >= 0.6 is 0 Å². The Morgan fingerprint density at radius 2 is 1.95 bits per heavy atom. The van der Waals surface area contributed by atoms with E-state index in [1.807, 2.05) is 36.1 Å². The summed E-state index contributed by atoms with van der Waals surface area (Å²) < 4.78 is 2.03. The highest BCUT2D eigenvalue weighted by Crippen LogP contribution is 2.24. The summed E-state index contributed by atoms with van der Waals surface area (Å²) in [6, 6.07) is 12.8. The molecule has 0 fully saturated rings. The van der Waals surface area contributed by atoms with Crippen molar-refractivity contribution in [1.29, 1.82) is 0 Å². The first kappa shape index (κ1) is 13.8. The summed E-state index contributed by atoms with van der Waals surface area (Å²) in [5, 5.41) is 7.88. The van der Waals surface area contributed by atoms with Crippen molar-refractivity contribution < 1.29 is 0 Å². The molecule has 0 radical (unpaired) electrons. The van der Waals surface area contributed by atoms with Gasteiger partial charge in [-0.2, -0.15) is 5.10 Å². The van der Waals surface area contributed by atoms with Crippen LogP contribution in [0.4, 0.5) is 0 Å². The number of aromatic nitrogens is 2. The van der Waals surface area contributed by atoms with Gasteiger partial charge in [-0.05, 0) is 37.6 Å².